The fourth-order valence-electron chi connectivity index (χ4n) is 2.13. The molecule has 1 aromatic heterocycles. The third-order valence-electron chi connectivity index (χ3n) is 2.97. The Kier molecular flexibility index (Phi) is 5.07. The van der Waals surface area contributed by atoms with Crippen LogP contribution in [0.1, 0.15) is 30.0 Å². The van der Waals surface area contributed by atoms with Gasteiger partial charge in [-0.2, -0.15) is 0 Å². The number of anilines is 1. The zero-order chi connectivity index (χ0) is 14.4. The second-order valence-electron chi connectivity index (χ2n) is 4.71. The quantitative estimate of drug-likeness (QED) is 0.876. The molecule has 4 nitrogen and oxygen atoms in total. The van der Waals surface area contributed by atoms with Gasteiger partial charge in [0, 0.05) is 24.5 Å². The molecular formula is C16H21N3O. The Labute approximate surface area is 120 Å². The van der Waals surface area contributed by atoms with Crippen molar-refractivity contribution in [3.63, 3.8) is 0 Å². The Morgan fingerprint density at radius 1 is 1.10 bits per heavy atom. The van der Waals surface area contributed by atoms with E-state index in [1.807, 2.05) is 45.0 Å². The van der Waals surface area contributed by atoms with Crippen molar-refractivity contribution in [1.82, 2.24) is 9.97 Å². The largest absolute Gasteiger partial charge is 0.372 e. The number of aromatic nitrogens is 2. The molecule has 0 bridgehead atoms. The molecule has 106 valence electrons. The molecule has 0 fully saturated rings. The number of benzene rings is 1. The Bertz CT molecular complexity index is 522. The lowest BCUT2D eigenvalue weighted by molar-refractivity contribution is 0.0718. The van der Waals surface area contributed by atoms with Gasteiger partial charge in [-0.1, -0.05) is 30.3 Å². The third-order valence-corrected chi connectivity index (χ3v) is 2.97. The maximum Gasteiger partial charge on any atom is 0.223 e. The normalized spacial score (nSPS) is 12.2. The highest BCUT2D eigenvalue weighted by molar-refractivity contribution is 5.29. The molecule has 20 heavy (non-hydrogen) atoms. The van der Waals surface area contributed by atoms with E-state index in [2.05, 4.69) is 27.4 Å². The molecule has 4 heteroatoms. The van der Waals surface area contributed by atoms with Gasteiger partial charge in [0.15, 0.2) is 0 Å². The predicted octanol–water partition coefficient (Wildman–Crippen LogP) is 3.28. The van der Waals surface area contributed by atoms with E-state index in [1.54, 1.807) is 0 Å². The summed E-state index contributed by atoms with van der Waals surface area (Å²) >= 11 is 0. The lowest BCUT2D eigenvalue weighted by atomic mass is 10.1. The molecule has 1 N–H and O–H groups in total. The van der Waals surface area contributed by atoms with Crippen LogP contribution in [0, 0.1) is 13.8 Å². The number of hydrogen-bond acceptors (Lipinski definition) is 4. The maximum atomic E-state index is 5.79. The SMILES string of the molecule is CCOC(CNc1nc(C)cc(C)n1)c1ccccc1. The van der Waals surface area contributed by atoms with Crippen LogP contribution in [-0.4, -0.2) is 23.1 Å². The van der Waals surface area contributed by atoms with E-state index in [1.165, 1.54) is 0 Å². The summed E-state index contributed by atoms with van der Waals surface area (Å²) in [6.07, 6.45) is 0.00520. The van der Waals surface area contributed by atoms with E-state index in [0.29, 0.717) is 19.1 Å². The fraction of sp³-hybridized carbons (Fsp3) is 0.375. The summed E-state index contributed by atoms with van der Waals surface area (Å²) in [5.74, 6) is 0.656. The van der Waals surface area contributed by atoms with Crippen molar-refractivity contribution in [3.8, 4) is 0 Å². The third kappa shape index (κ3) is 4.03. The second-order valence-corrected chi connectivity index (χ2v) is 4.71. The smallest absolute Gasteiger partial charge is 0.223 e. The molecule has 0 spiro atoms. The van der Waals surface area contributed by atoms with Gasteiger partial charge in [0.2, 0.25) is 5.95 Å². The molecule has 1 unspecified atom stereocenters. The molecule has 0 radical (unpaired) electrons. The highest BCUT2D eigenvalue weighted by atomic mass is 16.5. The Hall–Kier alpha value is -1.94. The van der Waals surface area contributed by atoms with Gasteiger partial charge >= 0.3 is 0 Å². The van der Waals surface area contributed by atoms with Crippen LogP contribution in [0.4, 0.5) is 5.95 Å². The summed E-state index contributed by atoms with van der Waals surface area (Å²) in [5, 5.41) is 3.26. The molecule has 0 saturated carbocycles. The molecule has 2 rings (SSSR count). The number of ether oxygens (including phenoxy) is 1. The van der Waals surface area contributed by atoms with Crippen molar-refractivity contribution >= 4 is 5.95 Å². The van der Waals surface area contributed by atoms with Gasteiger partial charge < -0.3 is 10.1 Å². The first kappa shape index (κ1) is 14.5. The van der Waals surface area contributed by atoms with Crippen LogP contribution in [0.3, 0.4) is 0 Å². The van der Waals surface area contributed by atoms with Gasteiger partial charge in [-0.3, -0.25) is 0 Å². The molecule has 1 aromatic carbocycles. The van der Waals surface area contributed by atoms with Crippen LogP contribution in [-0.2, 0) is 4.74 Å². The van der Waals surface area contributed by atoms with Crippen LogP contribution >= 0.6 is 0 Å². The van der Waals surface area contributed by atoms with E-state index in [0.717, 1.165) is 17.0 Å². The summed E-state index contributed by atoms with van der Waals surface area (Å²) in [6.45, 7) is 7.27. The van der Waals surface area contributed by atoms with Crippen LogP contribution in [0.25, 0.3) is 0 Å². The maximum absolute atomic E-state index is 5.79. The molecule has 1 heterocycles. The van der Waals surface area contributed by atoms with E-state index >= 15 is 0 Å². The monoisotopic (exact) mass is 271 g/mol. The van der Waals surface area contributed by atoms with Gasteiger partial charge in [0.1, 0.15) is 0 Å². The van der Waals surface area contributed by atoms with Crippen molar-refractivity contribution in [2.45, 2.75) is 26.9 Å². The van der Waals surface area contributed by atoms with Crippen LogP contribution < -0.4 is 5.32 Å². The van der Waals surface area contributed by atoms with Gasteiger partial charge in [-0.15, -0.1) is 0 Å². The fourth-order valence-corrected chi connectivity index (χ4v) is 2.13. The number of aryl methyl sites for hydroxylation is 2. The zero-order valence-corrected chi connectivity index (χ0v) is 12.3. The van der Waals surface area contributed by atoms with Gasteiger partial charge in [-0.05, 0) is 32.4 Å². The first-order chi connectivity index (χ1) is 9.69. The first-order valence-corrected chi connectivity index (χ1v) is 6.91. The predicted molar refractivity (Wildman–Crippen MR) is 80.8 cm³/mol. The van der Waals surface area contributed by atoms with Crippen LogP contribution in [0.5, 0.6) is 0 Å². The molecule has 0 amide bonds. The molecule has 0 aliphatic carbocycles. The summed E-state index contributed by atoms with van der Waals surface area (Å²) in [7, 11) is 0. The van der Waals surface area contributed by atoms with Crippen molar-refractivity contribution < 1.29 is 4.74 Å². The van der Waals surface area contributed by atoms with Crippen molar-refractivity contribution in [2.75, 3.05) is 18.5 Å². The molecule has 0 aliphatic rings. The Balaban J connectivity index is 2.05. The second kappa shape index (κ2) is 7.01. The van der Waals surface area contributed by atoms with E-state index in [4.69, 9.17) is 4.74 Å². The average Bonchev–Trinajstić information content (AvgIpc) is 2.43. The topological polar surface area (TPSA) is 47.0 Å². The van der Waals surface area contributed by atoms with Crippen LogP contribution in [0.2, 0.25) is 0 Å². The minimum Gasteiger partial charge on any atom is -0.372 e. The molecular weight excluding hydrogens is 250 g/mol. The molecule has 1 atom stereocenters. The lowest BCUT2D eigenvalue weighted by Gasteiger charge is -2.18. The van der Waals surface area contributed by atoms with Crippen molar-refractivity contribution in [2.24, 2.45) is 0 Å². The highest BCUT2D eigenvalue weighted by Gasteiger charge is 2.11. The Morgan fingerprint density at radius 2 is 1.75 bits per heavy atom. The molecule has 0 saturated heterocycles. The number of hydrogen-bond donors (Lipinski definition) is 1. The molecule has 0 aliphatic heterocycles. The minimum absolute atomic E-state index is 0.00520. The first-order valence-electron chi connectivity index (χ1n) is 6.91. The number of rotatable bonds is 6. The lowest BCUT2D eigenvalue weighted by Crippen LogP contribution is -2.17. The van der Waals surface area contributed by atoms with Gasteiger partial charge in [0.25, 0.3) is 0 Å². The van der Waals surface area contributed by atoms with Crippen LogP contribution in [0.15, 0.2) is 36.4 Å². The number of nitrogens with zero attached hydrogens (tertiary/aromatic N) is 2. The minimum atomic E-state index is 0.00520. The van der Waals surface area contributed by atoms with E-state index in [-0.39, 0.29) is 6.10 Å². The average molecular weight is 271 g/mol. The van der Waals surface area contributed by atoms with Gasteiger partial charge in [0.05, 0.1) is 6.10 Å². The van der Waals surface area contributed by atoms with E-state index < -0.39 is 0 Å². The Morgan fingerprint density at radius 3 is 2.35 bits per heavy atom. The molecule has 2 aromatic rings. The summed E-state index contributed by atoms with van der Waals surface area (Å²) in [6, 6.07) is 12.2. The number of nitrogens with one attached hydrogen (secondary N) is 1. The highest BCUT2D eigenvalue weighted by Crippen LogP contribution is 2.17. The zero-order valence-electron chi connectivity index (χ0n) is 12.3. The van der Waals surface area contributed by atoms with Gasteiger partial charge in [-0.25, -0.2) is 9.97 Å². The summed E-state index contributed by atoms with van der Waals surface area (Å²) < 4.78 is 5.79. The van der Waals surface area contributed by atoms with Crippen molar-refractivity contribution in [3.05, 3.63) is 53.3 Å². The summed E-state index contributed by atoms with van der Waals surface area (Å²) in [4.78, 5) is 8.76. The van der Waals surface area contributed by atoms with E-state index in [9.17, 15) is 0 Å². The van der Waals surface area contributed by atoms with Crippen molar-refractivity contribution in [1.29, 1.82) is 0 Å². The summed E-state index contributed by atoms with van der Waals surface area (Å²) in [5.41, 5.74) is 3.09. The standard InChI is InChI=1S/C16H21N3O/c1-4-20-15(14-8-6-5-7-9-14)11-17-16-18-12(2)10-13(3)19-16/h5-10,15H,4,11H2,1-3H3,(H,17,18,19).